The van der Waals surface area contributed by atoms with E-state index < -0.39 is 5.91 Å². The topological polar surface area (TPSA) is 66.9 Å². The number of nitrogens with one attached hydrogen (secondary N) is 2. The molecule has 0 aliphatic carbocycles. The van der Waals surface area contributed by atoms with E-state index in [0.29, 0.717) is 11.5 Å². The van der Waals surface area contributed by atoms with Crippen molar-refractivity contribution in [1.29, 1.82) is 0 Å². The van der Waals surface area contributed by atoms with Gasteiger partial charge in [-0.1, -0.05) is 18.2 Å². The lowest BCUT2D eigenvalue weighted by molar-refractivity contribution is 0.102. The van der Waals surface area contributed by atoms with Crippen LogP contribution in [0.5, 0.6) is 0 Å². The molecule has 1 aromatic heterocycles. The number of nitrogens with zero attached hydrogens (tertiary/aromatic N) is 2. The van der Waals surface area contributed by atoms with E-state index >= 15 is 0 Å². The van der Waals surface area contributed by atoms with Crippen LogP contribution in [0.25, 0.3) is 0 Å². The van der Waals surface area contributed by atoms with Crippen molar-refractivity contribution in [2.75, 3.05) is 10.6 Å². The molecule has 0 unspecified atom stereocenters. The van der Waals surface area contributed by atoms with Crippen molar-refractivity contribution in [1.82, 2.24) is 10.2 Å². The third kappa shape index (κ3) is 3.98. The van der Waals surface area contributed by atoms with Crippen molar-refractivity contribution < 1.29 is 9.18 Å². The Labute approximate surface area is 144 Å². The van der Waals surface area contributed by atoms with E-state index in [2.05, 4.69) is 20.8 Å². The lowest BCUT2D eigenvalue weighted by atomic mass is 10.1. The number of carbonyl (C=O) groups is 1. The molecule has 3 rings (SSSR count). The molecule has 1 amide bonds. The largest absolute Gasteiger partial charge is 0.338 e. The van der Waals surface area contributed by atoms with Crippen molar-refractivity contribution in [3.8, 4) is 0 Å². The van der Waals surface area contributed by atoms with Crippen LogP contribution >= 0.6 is 0 Å². The SMILES string of the molecule is Cc1cccc(C)c1Nc1ccc(C(=O)Nc2ccc(F)cc2)nn1. The Morgan fingerprint density at radius 2 is 1.60 bits per heavy atom. The van der Waals surface area contributed by atoms with Gasteiger partial charge >= 0.3 is 0 Å². The fraction of sp³-hybridized carbons (Fsp3) is 0.105. The second kappa shape index (κ2) is 7.09. The summed E-state index contributed by atoms with van der Waals surface area (Å²) in [7, 11) is 0. The number of aromatic nitrogens is 2. The summed E-state index contributed by atoms with van der Waals surface area (Å²) in [6, 6.07) is 14.8. The summed E-state index contributed by atoms with van der Waals surface area (Å²) in [4.78, 5) is 12.1. The number of rotatable bonds is 4. The second-order valence-corrected chi connectivity index (χ2v) is 5.66. The van der Waals surface area contributed by atoms with Crippen LogP contribution in [0.2, 0.25) is 0 Å². The van der Waals surface area contributed by atoms with Gasteiger partial charge in [0.1, 0.15) is 5.82 Å². The van der Waals surface area contributed by atoms with E-state index in [1.54, 1.807) is 12.1 Å². The predicted octanol–water partition coefficient (Wildman–Crippen LogP) is 4.23. The number of anilines is 3. The molecule has 0 aliphatic rings. The van der Waals surface area contributed by atoms with Crippen LogP contribution in [0.1, 0.15) is 21.6 Å². The maximum absolute atomic E-state index is 12.9. The first-order valence-electron chi connectivity index (χ1n) is 7.77. The molecular weight excluding hydrogens is 319 g/mol. The highest BCUT2D eigenvalue weighted by atomic mass is 19.1. The zero-order chi connectivity index (χ0) is 17.8. The molecule has 0 saturated heterocycles. The maximum Gasteiger partial charge on any atom is 0.276 e. The molecule has 2 aromatic carbocycles. The average Bonchev–Trinajstić information content (AvgIpc) is 2.61. The van der Waals surface area contributed by atoms with Gasteiger partial charge < -0.3 is 10.6 Å². The molecule has 0 radical (unpaired) electrons. The van der Waals surface area contributed by atoms with Crippen molar-refractivity contribution in [3.63, 3.8) is 0 Å². The quantitative estimate of drug-likeness (QED) is 0.748. The molecular formula is C19H17FN4O. The fourth-order valence-electron chi connectivity index (χ4n) is 2.39. The van der Waals surface area contributed by atoms with E-state index in [-0.39, 0.29) is 11.5 Å². The Morgan fingerprint density at radius 1 is 0.920 bits per heavy atom. The van der Waals surface area contributed by atoms with Gasteiger partial charge in [-0.15, -0.1) is 10.2 Å². The number of amides is 1. The Kier molecular flexibility index (Phi) is 4.70. The normalized spacial score (nSPS) is 10.4. The first kappa shape index (κ1) is 16.6. The Morgan fingerprint density at radius 3 is 2.20 bits per heavy atom. The molecule has 6 heteroatoms. The first-order valence-corrected chi connectivity index (χ1v) is 7.77. The summed E-state index contributed by atoms with van der Waals surface area (Å²) in [6.07, 6.45) is 0. The van der Waals surface area contributed by atoms with Crippen LogP contribution in [-0.2, 0) is 0 Å². The maximum atomic E-state index is 12.9. The van der Waals surface area contributed by atoms with Gasteiger partial charge in [0.25, 0.3) is 5.91 Å². The third-order valence-electron chi connectivity index (χ3n) is 3.73. The van der Waals surface area contributed by atoms with Crippen molar-refractivity contribution >= 4 is 23.1 Å². The van der Waals surface area contributed by atoms with E-state index in [4.69, 9.17) is 0 Å². The predicted molar refractivity (Wildman–Crippen MR) is 95.6 cm³/mol. The summed E-state index contributed by atoms with van der Waals surface area (Å²) >= 11 is 0. The second-order valence-electron chi connectivity index (χ2n) is 5.66. The zero-order valence-electron chi connectivity index (χ0n) is 13.9. The minimum Gasteiger partial charge on any atom is -0.338 e. The minimum absolute atomic E-state index is 0.177. The van der Waals surface area contributed by atoms with Gasteiger partial charge in [0, 0.05) is 11.4 Å². The Balaban J connectivity index is 1.71. The number of para-hydroxylation sites is 1. The molecule has 5 nitrogen and oxygen atoms in total. The highest BCUT2D eigenvalue weighted by molar-refractivity contribution is 6.02. The summed E-state index contributed by atoms with van der Waals surface area (Å²) in [5.41, 5.74) is 3.84. The first-order chi connectivity index (χ1) is 12.0. The highest BCUT2D eigenvalue weighted by Crippen LogP contribution is 2.23. The van der Waals surface area contributed by atoms with E-state index in [1.807, 2.05) is 32.0 Å². The average molecular weight is 336 g/mol. The van der Waals surface area contributed by atoms with E-state index in [1.165, 1.54) is 24.3 Å². The third-order valence-corrected chi connectivity index (χ3v) is 3.73. The van der Waals surface area contributed by atoms with Gasteiger partial charge in [-0.2, -0.15) is 0 Å². The number of aryl methyl sites for hydroxylation is 2. The molecule has 0 aliphatic heterocycles. The molecule has 126 valence electrons. The Bertz CT molecular complexity index is 872. The highest BCUT2D eigenvalue weighted by Gasteiger charge is 2.10. The molecule has 3 aromatic rings. The molecule has 0 fully saturated rings. The number of carbonyl (C=O) groups excluding carboxylic acids is 1. The smallest absolute Gasteiger partial charge is 0.276 e. The van der Waals surface area contributed by atoms with Gasteiger partial charge in [0.05, 0.1) is 0 Å². The Hall–Kier alpha value is -3.28. The number of benzene rings is 2. The summed E-state index contributed by atoms with van der Waals surface area (Å²) in [5, 5.41) is 13.9. The van der Waals surface area contributed by atoms with Gasteiger partial charge in [0.15, 0.2) is 11.5 Å². The van der Waals surface area contributed by atoms with Gasteiger partial charge in [-0.05, 0) is 61.4 Å². The van der Waals surface area contributed by atoms with Crippen molar-refractivity contribution in [2.45, 2.75) is 13.8 Å². The number of hydrogen-bond donors (Lipinski definition) is 2. The monoisotopic (exact) mass is 336 g/mol. The van der Waals surface area contributed by atoms with Crippen molar-refractivity contribution in [3.05, 3.63) is 77.2 Å². The lowest BCUT2D eigenvalue weighted by Gasteiger charge is -2.11. The summed E-state index contributed by atoms with van der Waals surface area (Å²) in [6.45, 7) is 4.01. The van der Waals surface area contributed by atoms with Gasteiger partial charge in [0.2, 0.25) is 0 Å². The fourth-order valence-corrected chi connectivity index (χ4v) is 2.39. The molecule has 1 heterocycles. The standard InChI is InChI=1S/C19H17FN4O/c1-12-4-3-5-13(2)18(12)22-17-11-10-16(23-24-17)19(25)21-15-8-6-14(20)7-9-15/h3-11H,1-2H3,(H,21,25)(H,22,24). The molecule has 0 atom stereocenters. The van der Waals surface area contributed by atoms with Crippen molar-refractivity contribution in [2.24, 2.45) is 0 Å². The number of halogens is 1. The summed E-state index contributed by atoms with van der Waals surface area (Å²) < 4.78 is 12.9. The van der Waals surface area contributed by atoms with Crippen LogP contribution in [0.3, 0.4) is 0 Å². The number of hydrogen-bond acceptors (Lipinski definition) is 4. The van der Waals surface area contributed by atoms with Crippen LogP contribution < -0.4 is 10.6 Å². The molecule has 25 heavy (non-hydrogen) atoms. The van der Waals surface area contributed by atoms with Gasteiger partial charge in [-0.3, -0.25) is 4.79 Å². The molecule has 0 bridgehead atoms. The van der Waals surface area contributed by atoms with Crippen LogP contribution in [0.4, 0.5) is 21.6 Å². The van der Waals surface area contributed by atoms with Gasteiger partial charge in [-0.25, -0.2) is 4.39 Å². The summed E-state index contributed by atoms with van der Waals surface area (Å²) in [5.74, 6) is -0.215. The van der Waals surface area contributed by atoms with Crippen LogP contribution in [-0.4, -0.2) is 16.1 Å². The van der Waals surface area contributed by atoms with Crippen LogP contribution in [0.15, 0.2) is 54.6 Å². The molecule has 0 spiro atoms. The van der Waals surface area contributed by atoms with E-state index in [0.717, 1.165) is 16.8 Å². The zero-order valence-corrected chi connectivity index (χ0v) is 13.9. The molecule has 0 saturated carbocycles. The minimum atomic E-state index is -0.405. The lowest BCUT2D eigenvalue weighted by Crippen LogP contribution is -2.14. The van der Waals surface area contributed by atoms with Crippen LogP contribution in [0, 0.1) is 19.7 Å². The van der Waals surface area contributed by atoms with E-state index in [9.17, 15) is 9.18 Å². The molecule has 2 N–H and O–H groups in total.